The van der Waals surface area contributed by atoms with Crippen LogP contribution in [0.4, 0.5) is 0 Å². The van der Waals surface area contributed by atoms with E-state index in [1.807, 2.05) is 38.6 Å². The number of carbonyl (C=O) groups is 1. The zero-order valence-corrected chi connectivity index (χ0v) is 31.0. The minimum Gasteiger partial charge on any atom is -0.507 e. The average molecular weight is 639 g/mol. The van der Waals surface area contributed by atoms with Crippen molar-refractivity contribution in [1.82, 2.24) is 9.55 Å². The molecule has 0 bridgehead atoms. The van der Waals surface area contributed by atoms with Crippen LogP contribution in [-0.2, 0) is 29.4 Å². The Morgan fingerprint density at radius 3 is 2.20 bits per heavy atom. The summed E-state index contributed by atoms with van der Waals surface area (Å²) in [5.41, 5.74) is 5.39. The van der Waals surface area contributed by atoms with E-state index >= 15 is 0 Å². The van der Waals surface area contributed by atoms with Gasteiger partial charge in [-0.15, -0.1) is 0 Å². The summed E-state index contributed by atoms with van der Waals surface area (Å²) in [5, 5.41) is 10.4. The van der Waals surface area contributed by atoms with Crippen LogP contribution in [0, 0.1) is 50.4 Å². The molecule has 0 radical (unpaired) electrons. The molecule has 2 aliphatic rings. The van der Waals surface area contributed by atoms with Crippen LogP contribution in [0.2, 0.25) is 0 Å². The molecule has 0 spiro atoms. The number of benzene rings is 1. The van der Waals surface area contributed by atoms with Crippen molar-refractivity contribution >= 4 is 5.97 Å². The largest absolute Gasteiger partial charge is 0.507 e. The fourth-order valence-corrected chi connectivity index (χ4v) is 7.43. The molecule has 2 aliphatic heterocycles. The highest BCUT2D eigenvalue weighted by Gasteiger charge is 2.36. The van der Waals surface area contributed by atoms with Gasteiger partial charge in [-0.25, -0.2) is 4.98 Å². The number of rotatable bonds is 15. The first-order valence-corrected chi connectivity index (χ1v) is 18.4. The molecule has 1 fully saturated rings. The smallest absolute Gasteiger partial charge is 0.309 e. The maximum atomic E-state index is 11.4. The molecule has 1 saturated heterocycles. The predicted molar refractivity (Wildman–Crippen MR) is 190 cm³/mol. The van der Waals surface area contributed by atoms with E-state index in [1.165, 1.54) is 56.9 Å². The van der Waals surface area contributed by atoms with E-state index in [-0.39, 0.29) is 17.5 Å². The lowest BCUT2D eigenvalue weighted by molar-refractivity contribution is -0.141. The number of cyclic esters (lactones) is 1. The monoisotopic (exact) mass is 639 g/mol. The maximum absolute atomic E-state index is 11.4. The molecule has 3 heterocycles. The normalized spacial score (nSPS) is 22.1. The van der Waals surface area contributed by atoms with Gasteiger partial charge in [0.25, 0.3) is 0 Å². The SMILES string of the molecule is CC[C@@H]1C(=O)OC[C@@H]1Cc1cncn1C.Cc1c(C)c2c(c(C)c1O)CC[C@@](C)(CCC[C@H](C)CCC[C@H](C)CCCC(C)C)O2. The van der Waals surface area contributed by atoms with Gasteiger partial charge >= 0.3 is 5.97 Å². The first-order valence-electron chi connectivity index (χ1n) is 18.4. The van der Waals surface area contributed by atoms with Crippen LogP contribution in [0.1, 0.15) is 140 Å². The summed E-state index contributed by atoms with van der Waals surface area (Å²) in [4.78, 5) is 15.5. The van der Waals surface area contributed by atoms with Gasteiger partial charge in [-0.2, -0.15) is 0 Å². The van der Waals surface area contributed by atoms with Gasteiger partial charge in [0.15, 0.2) is 0 Å². The average Bonchev–Trinajstić information content (AvgIpc) is 3.58. The van der Waals surface area contributed by atoms with E-state index in [4.69, 9.17) is 9.47 Å². The summed E-state index contributed by atoms with van der Waals surface area (Å²) in [6, 6.07) is 0. The molecule has 0 amide bonds. The van der Waals surface area contributed by atoms with Crippen LogP contribution >= 0.6 is 0 Å². The maximum Gasteiger partial charge on any atom is 0.309 e. The molecule has 1 aromatic heterocycles. The fraction of sp³-hybridized carbons (Fsp3) is 0.750. The number of ether oxygens (including phenoxy) is 2. The second-order valence-corrected chi connectivity index (χ2v) is 15.5. The van der Waals surface area contributed by atoms with Crippen molar-refractivity contribution in [2.24, 2.45) is 36.6 Å². The number of esters is 1. The third-order valence-corrected chi connectivity index (χ3v) is 11.0. The Kier molecular flexibility index (Phi) is 14.5. The number of aromatic nitrogens is 2. The van der Waals surface area contributed by atoms with E-state index in [2.05, 4.69) is 46.5 Å². The number of nitrogens with zero attached hydrogens (tertiary/aromatic N) is 2. The van der Waals surface area contributed by atoms with Crippen molar-refractivity contribution in [3.8, 4) is 11.5 Å². The van der Waals surface area contributed by atoms with E-state index in [9.17, 15) is 9.90 Å². The molecule has 5 atom stereocenters. The Hall–Kier alpha value is -2.50. The molecule has 0 unspecified atom stereocenters. The van der Waals surface area contributed by atoms with Gasteiger partial charge in [0.1, 0.15) is 17.1 Å². The number of hydrogen-bond acceptors (Lipinski definition) is 5. The third kappa shape index (κ3) is 10.5. The molecule has 1 N–H and O–H groups in total. The minimum atomic E-state index is -0.0712. The highest BCUT2D eigenvalue weighted by molar-refractivity contribution is 5.74. The molecular weight excluding hydrogens is 572 g/mol. The predicted octanol–water partition coefficient (Wildman–Crippen LogP) is 10.0. The lowest BCUT2D eigenvalue weighted by Crippen LogP contribution is -2.37. The molecule has 46 heavy (non-hydrogen) atoms. The van der Waals surface area contributed by atoms with Gasteiger partial charge in [0.2, 0.25) is 0 Å². The topological polar surface area (TPSA) is 73.6 Å². The van der Waals surface area contributed by atoms with Crippen molar-refractivity contribution in [2.45, 2.75) is 151 Å². The lowest BCUT2D eigenvalue weighted by atomic mass is 9.84. The number of phenolic OH excluding ortho intramolecular Hbond substituents is 1. The molecule has 0 aliphatic carbocycles. The quantitative estimate of drug-likeness (QED) is 0.197. The summed E-state index contributed by atoms with van der Waals surface area (Å²) < 4.78 is 13.7. The summed E-state index contributed by atoms with van der Waals surface area (Å²) in [6.45, 7) is 20.5. The van der Waals surface area contributed by atoms with Gasteiger partial charge in [0, 0.05) is 30.4 Å². The number of fused-ring (bicyclic) bond motifs is 1. The molecule has 6 heteroatoms. The third-order valence-electron chi connectivity index (χ3n) is 11.0. The number of aromatic hydroxyl groups is 1. The molecule has 260 valence electrons. The van der Waals surface area contributed by atoms with E-state index in [1.54, 1.807) is 6.33 Å². The van der Waals surface area contributed by atoms with Crippen LogP contribution in [0.15, 0.2) is 12.5 Å². The number of hydrogen-bond donors (Lipinski definition) is 1. The Labute approximate surface area is 281 Å². The summed E-state index contributed by atoms with van der Waals surface area (Å²) in [7, 11) is 1.97. The van der Waals surface area contributed by atoms with Crippen LogP contribution in [0.3, 0.4) is 0 Å². The summed E-state index contributed by atoms with van der Waals surface area (Å²) >= 11 is 0. The fourth-order valence-electron chi connectivity index (χ4n) is 7.43. The first-order chi connectivity index (χ1) is 21.8. The molecular formula is C40H66N2O4. The summed E-state index contributed by atoms with van der Waals surface area (Å²) in [6.07, 6.45) is 19.4. The standard InChI is InChI=1S/C29H50O2.C11H16N2O2/c1-20(2)12-9-13-21(3)14-10-15-22(4)16-11-18-29(8)19-17-26-25(7)27(30)23(5)24(6)28(26)31-29;1-3-10-8(6-15-11(10)14)4-9-5-12-7-13(9)2/h20-22,30H,9-19H2,1-8H3;5,7-8,10H,3-4,6H2,1-2H3/t21-,22-,29-;8-,10-/m10/s1. The van der Waals surface area contributed by atoms with Crippen molar-refractivity contribution in [1.29, 1.82) is 0 Å². The van der Waals surface area contributed by atoms with Gasteiger partial charge in [0.05, 0.1) is 18.9 Å². The molecule has 1 aromatic carbocycles. The van der Waals surface area contributed by atoms with Crippen molar-refractivity contribution in [3.63, 3.8) is 0 Å². The van der Waals surface area contributed by atoms with Gasteiger partial charge in [-0.3, -0.25) is 4.79 Å². The zero-order valence-electron chi connectivity index (χ0n) is 31.0. The van der Waals surface area contributed by atoms with Crippen molar-refractivity contribution in [3.05, 3.63) is 40.5 Å². The van der Waals surface area contributed by atoms with Crippen LogP contribution in [0.5, 0.6) is 11.5 Å². The zero-order chi connectivity index (χ0) is 34.0. The molecule has 6 nitrogen and oxygen atoms in total. The highest BCUT2D eigenvalue weighted by Crippen LogP contribution is 2.44. The van der Waals surface area contributed by atoms with E-state index < -0.39 is 0 Å². The molecule has 2 aromatic rings. The van der Waals surface area contributed by atoms with Crippen LogP contribution in [-0.4, -0.2) is 32.8 Å². The van der Waals surface area contributed by atoms with Crippen LogP contribution < -0.4 is 4.74 Å². The Bertz CT molecular complexity index is 1250. The molecule has 0 saturated carbocycles. The molecule has 4 rings (SSSR count). The minimum absolute atomic E-state index is 0.0373. The second-order valence-electron chi connectivity index (χ2n) is 15.5. The summed E-state index contributed by atoms with van der Waals surface area (Å²) in [5.74, 6) is 4.38. The Morgan fingerprint density at radius 1 is 0.978 bits per heavy atom. The van der Waals surface area contributed by atoms with Gasteiger partial charge in [-0.1, -0.05) is 79.6 Å². The van der Waals surface area contributed by atoms with E-state index in [0.717, 1.165) is 78.0 Å². The second kappa shape index (κ2) is 17.6. The van der Waals surface area contributed by atoms with Gasteiger partial charge < -0.3 is 19.1 Å². The Morgan fingerprint density at radius 2 is 1.61 bits per heavy atom. The van der Waals surface area contributed by atoms with E-state index in [0.29, 0.717) is 18.3 Å². The Balaban J connectivity index is 0.000000318. The number of imidazole rings is 1. The first kappa shape index (κ1) is 38.0. The van der Waals surface area contributed by atoms with Crippen LogP contribution in [0.25, 0.3) is 0 Å². The lowest BCUT2D eigenvalue weighted by Gasteiger charge is -2.38. The number of aryl methyl sites for hydroxylation is 1. The number of carbonyl (C=O) groups excluding carboxylic acids is 1. The highest BCUT2D eigenvalue weighted by atomic mass is 16.5. The van der Waals surface area contributed by atoms with Crippen molar-refractivity contribution in [2.75, 3.05) is 6.61 Å². The van der Waals surface area contributed by atoms with Crippen molar-refractivity contribution < 1.29 is 19.4 Å². The van der Waals surface area contributed by atoms with Gasteiger partial charge in [-0.05, 0) is 101 Å². The number of phenols is 1.